The van der Waals surface area contributed by atoms with Gasteiger partial charge in [-0.2, -0.15) is 0 Å². The lowest BCUT2D eigenvalue weighted by Gasteiger charge is -2.16. The fraction of sp³-hybridized carbons (Fsp3) is 0.333. The molecule has 0 spiro atoms. The maximum atomic E-state index is 5.48. The second kappa shape index (κ2) is 6.89. The molecule has 0 aliphatic heterocycles. The Hall–Kier alpha value is -1.50. The zero-order valence-electron chi connectivity index (χ0n) is 9.99. The largest absolute Gasteiger partial charge is 0.498 e. The molecule has 1 rings (SSSR count). The van der Waals surface area contributed by atoms with Crippen molar-refractivity contribution in [3.8, 4) is 0 Å². The molecule has 1 aromatic rings. The van der Waals surface area contributed by atoms with E-state index >= 15 is 0 Å². The first-order chi connectivity index (χ1) is 7.72. The smallest absolute Gasteiger partial charge is 0.102 e. The summed E-state index contributed by atoms with van der Waals surface area (Å²) in [5, 5.41) is 0. The van der Waals surface area contributed by atoms with Crippen molar-refractivity contribution >= 4 is 0 Å². The molecule has 1 aromatic carbocycles. The zero-order valence-corrected chi connectivity index (χ0v) is 9.99. The molecule has 1 unspecified atom stereocenters. The van der Waals surface area contributed by atoms with E-state index in [1.807, 2.05) is 13.0 Å². The summed E-state index contributed by atoms with van der Waals surface area (Å²) in [5.41, 5.74) is 2.50. The van der Waals surface area contributed by atoms with Crippen LogP contribution in [0, 0.1) is 0 Å². The Balaban J connectivity index is 2.43. The standard InChI is InChI=1S/C15H20O/c1-4-16-15(12-13(2)3)11-10-14-8-6-5-7-9-14/h4-9,15H,1-2,10-12H2,3H3. The number of aryl methyl sites for hydroxylation is 1. The zero-order chi connectivity index (χ0) is 11.8. The molecule has 0 radical (unpaired) electrons. The van der Waals surface area contributed by atoms with Crippen LogP contribution in [0.15, 0.2) is 55.3 Å². The highest BCUT2D eigenvalue weighted by Crippen LogP contribution is 2.14. The van der Waals surface area contributed by atoms with Crippen LogP contribution in [-0.2, 0) is 11.2 Å². The Morgan fingerprint density at radius 1 is 1.38 bits per heavy atom. The number of hydrogen-bond acceptors (Lipinski definition) is 1. The molecule has 0 N–H and O–H groups in total. The molecular formula is C15H20O. The Morgan fingerprint density at radius 2 is 2.06 bits per heavy atom. The lowest BCUT2D eigenvalue weighted by atomic mass is 10.0. The van der Waals surface area contributed by atoms with E-state index in [1.165, 1.54) is 11.8 Å². The van der Waals surface area contributed by atoms with Crippen molar-refractivity contribution in [3.05, 3.63) is 60.9 Å². The minimum atomic E-state index is 0.204. The average Bonchev–Trinajstić information content (AvgIpc) is 2.27. The predicted octanol–water partition coefficient (Wildman–Crippen LogP) is 4.11. The van der Waals surface area contributed by atoms with Crippen LogP contribution in [0.1, 0.15) is 25.3 Å². The Bertz CT molecular complexity index is 327. The van der Waals surface area contributed by atoms with Crippen LogP contribution in [0.25, 0.3) is 0 Å². The van der Waals surface area contributed by atoms with E-state index in [0.717, 1.165) is 24.8 Å². The van der Waals surface area contributed by atoms with Gasteiger partial charge in [0.15, 0.2) is 0 Å². The van der Waals surface area contributed by atoms with Gasteiger partial charge in [0.05, 0.1) is 6.26 Å². The predicted molar refractivity (Wildman–Crippen MR) is 69.3 cm³/mol. The minimum absolute atomic E-state index is 0.204. The first-order valence-electron chi connectivity index (χ1n) is 5.67. The lowest BCUT2D eigenvalue weighted by Crippen LogP contribution is -2.11. The molecule has 0 heterocycles. The van der Waals surface area contributed by atoms with Gasteiger partial charge in [-0.15, -0.1) is 6.58 Å². The molecule has 0 saturated carbocycles. The van der Waals surface area contributed by atoms with Gasteiger partial charge < -0.3 is 4.74 Å². The average molecular weight is 216 g/mol. The lowest BCUT2D eigenvalue weighted by molar-refractivity contribution is 0.137. The second-order valence-electron chi connectivity index (χ2n) is 4.11. The van der Waals surface area contributed by atoms with Gasteiger partial charge in [-0.25, -0.2) is 0 Å². The minimum Gasteiger partial charge on any atom is -0.498 e. The van der Waals surface area contributed by atoms with Crippen molar-refractivity contribution in [2.75, 3.05) is 0 Å². The van der Waals surface area contributed by atoms with Crippen molar-refractivity contribution in [3.63, 3.8) is 0 Å². The monoisotopic (exact) mass is 216 g/mol. The van der Waals surface area contributed by atoms with E-state index in [0.29, 0.717) is 0 Å². The maximum absolute atomic E-state index is 5.48. The van der Waals surface area contributed by atoms with Crippen LogP contribution in [0.2, 0.25) is 0 Å². The second-order valence-corrected chi connectivity index (χ2v) is 4.11. The SMILES string of the molecule is C=COC(CCc1ccccc1)CC(=C)C. The highest BCUT2D eigenvalue weighted by atomic mass is 16.5. The fourth-order valence-corrected chi connectivity index (χ4v) is 1.72. The van der Waals surface area contributed by atoms with Crippen LogP contribution in [0.4, 0.5) is 0 Å². The summed E-state index contributed by atoms with van der Waals surface area (Å²) in [7, 11) is 0. The number of ether oxygens (including phenoxy) is 1. The van der Waals surface area contributed by atoms with Gasteiger partial charge in [-0.1, -0.05) is 42.5 Å². The van der Waals surface area contributed by atoms with Gasteiger partial charge in [-0.05, 0) is 25.3 Å². The summed E-state index contributed by atoms with van der Waals surface area (Å²) in [6, 6.07) is 10.5. The summed E-state index contributed by atoms with van der Waals surface area (Å²) in [6.07, 6.45) is 4.67. The van der Waals surface area contributed by atoms with Gasteiger partial charge in [0.2, 0.25) is 0 Å². The third-order valence-electron chi connectivity index (χ3n) is 2.46. The van der Waals surface area contributed by atoms with Gasteiger partial charge >= 0.3 is 0 Å². The summed E-state index contributed by atoms with van der Waals surface area (Å²) in [6.45, 7) is 9.56. The normalized spacial score (nSPS) is 11.8. The van der Waals surface area contributed by atoms with Crippen molar-refractivity contribution in [1.29, 1.82) is 0 Å². The van der Waals surface area contributed by atoms with Crippen LogP contribution in [0.5, 0.6) is 0 Å². The Labute approximate surface area is 98.5 Å². The summed E-state index contributed by atoms with van der Waals surface area (Å²) in [5.74, 6) is 0. The first kappa shape index (κ1) is 12.6. The van der Waals surface area contributed by atoms with Crippen molar-refractivity contribution in [1.82, 2.24) is 0 Å². The third-order valence-corrected chi connectivity index (χ3v) is 2.46. The highest BCUT2D eigenvalue weighted by molar-refractivity contribution is 5.14. The third kappa shape index (κ3) is 4.83. The van der Waals surface area contributed by atoms with E-state index in [2.05, 4.69) is 37.4 Å². The molecule has 16 heavy (non-hydrogen) atoms. The van der Waals surface area contributed by atoms with Crippen LogP contribution >= 0.6 is 0 Å². The number of hydrogen-bond donors (Lipinski definition) is 0. The Kier molecular flexibility index (Phi) is 5.41. The Morgan fingerprint density at radius 3 is 2.62 bits per heavy atom. The van der Waals surface area contributed by atoms with Crippen molar-refractivity contribution in [2.24, 2.45) is 0 Å². The summed E-state index contributed by atoms with van der Waals surface area (Å²) >= 11 is 0. The molecule has 0 amide bonds. The first-order valence-corrected chi connectivity index (χ1v) is 5.67. The fourth-order valence-electron chi connectivity index (χ4n) is 1.72. The molecular weight excluding hydrogens is 196 g/mol. The molecule has 1 nitrogen and oxygen atoms in total. The molecule has 0 fully saturated rings. The molecule has 0 saturated heterocycles. The van der Waals surface area contributed by atoms with Crippen molar-refractivity contribution < 1.29 is 4.74 Å². The van der Waals surface area contributed by atoms with Crippen LogP contribution < -0.4 is 0 Å². The maximum Gasteiger partial charge on any atom is 0.102 e. The molecule has 1 atom stereocenters. The highest BCUT2D eigenvalue weighted by Gasteiger charge is 2.08. The quantitative estimate of drug-likeness (QED) is 0.492. The molecule has 0 aliphatic rings. The van der Waals surface area contributed by atoms with E-state index in [4.69, 9.17) is 4.74 Å². The van der Waals surface area contributed by atoms with Crippen molar-refractivity contribution in [2.45, 2.75) is 32.3 Å². The van der Waals surface area contributed by atoms with Gasteiger partial charge in [0, 0.05) is 6.42 Å². The molecule has 1 heteroatoms. The number of benzene rings is 1. The summed E-state index contributed by atoms with van der Waals surface area (Å²) in [4.78, 5) is 0. The van der Waals surface area contributed by atoms with Gasteiger partial charge in [-0.3, -0.25) is 0 Å². The van der Waals surface area contributed by atoms with Crippen LogP contribution in [0.3, 0.4) is 0 Å². The van der Waals surface area contributed by atoms with Crippen LogP contribution in [-0.4, -0.2) is 6.10 Å². The topological polar surface area (TPSA) is 9.23 Å². The molecule has 0 aliphatic carbocycles. The summed E-state index contributed by atoms with van der Waals surface area (Å²) < 4.78 is 5.48. The van der Waals surface area contributed by atoms with E-state index in [9.17, 15) is 0 Å². The van der Waals surface area contributed by atoms with E-state index in [1.54, 1.807) is 0 Å². The molecule has 86 valence electrons. The molecule has 0 bridgehead atoms. The van der Waals surface area contributed by atoms with Gasteiger partial charge in [0.1, 0.15) is 6.10 Å². The van der Waals surface area contributed by atoms with E-state index < -0.39 is 0 Å². The van der Waals surface area contributed by atoms with E-state index in [-0.39, 0.29) is 6.10 Å². The van der Waals surface area contributed by atoms with Gasteiger partial charge in [0.25, 0.3) is 0 Å². The molecule has 0 aromatic heterocycles. The number of rotatable bonds is 7.